The molecule has 0 fully saturated rings. The van der Waals surface area contributed by atoms with Crippen LogP contribution in [0.2, 0.25) is 0 Å². The fourth-order valence-corrected chi connectivity index (χ4v) is 2.02. The van der Waals surface area contributed by atoms with Crippen LogP contribution in [0, 0.1) is 0 Å². The van der Waals surface area contributed by atoms with Gasteiger partial charge in [0.15, 0.2) is 0 Å². The Labute approximate surface area is 82.8 Å². The molecule has 0 bridgehead atoms. The zero-order chi connectivity index (χ0) is 8.93. The second-order valence-electron chi connectivity index (χ2n) is 2.81. The third-order valence-electron chi connectivity index (χ3n) is 1.80. The van der Waals surface area contributed by atoms with Gasteiger partial charge in [-0.1, -0.05) is 18.2 Å². The van der Waals surface area contributed by atoms with Gasteiger partial charge in [-0.2, -0.15) is 0 Å². The molecular formula is C10H12N2S. The Morgan fingerprint density at radius 1 is 1.23 bits per heavy atom. The van der Waals surface area contributed by atoms with E-state index in [2.05, 4.69) is 40.1 Å². The van der Waals surface area contributed by atoms with E-state index in [1.807, 2.05) is 12.3 Å². The standard InChI is InChI=1S/C10H12N2S/c1-2-4-10(5-3-1)13-12-8-6-11-7-9-12/h1-6,8,11H,7,9H2. The first-order valence-corrected chi connectivity index (χ1v) is 5.12. The number of benzene rings is 1. The first-order chi connectivity index (χ1) is 6.45. The maximum absolute atomic E-state index is 3.16. The summed E-state index contributed by atoms with van der Waals surface area (Å²) in [6, 6.07) is 10.4. The average Bonchev–Trinajstić information content (AvgIpc) is 2.21. The van der Waals surface area contributed by atoms with Gasteiger partial charge in [0.2, 0.25) is 0 Å². The third kappa shape index (κ3) is 2.42. The SMILES string of the molecule is C1=CN(Sc2ccccc2)CCN1. The Morgan fingerprint density at radius 2 is 2.08 bits per heavy atom. The van der Waals surface area contributed by atoms with Crippen molar-refractivity contribution >= 4 is 11.9 Å². The van der Waals surface area contributed by atoms with Crippen LogP contribution in [0.1, 0.15) is 0 Å². The van der Waals surface area contributed by atoms with E-state index in [0.717, 1.165) is 13.1 Å². The Balaban J connectivity index is 1.98. The van der Waals surface area contributed by atoms with Crippen molar-refractivity contribution in [2.45, 2.75) is 4.90 Å². The summed E-state index contributed by atoms with van der Waals surface area (Å²) in [5.74, 6) is 0. The first kappa shape index (κ1) is 8.51. The van der Waals surface area contributed by atoms with Crippen molar-refractivity contribution in [3.63, 3.8) is 0 Å². The van der Waals surface area contributed by atoms with Gasteiger partial charge in [-0.05, 0) is 24.1 Å². The molecule has 68 valence electrons. The van der Waals surface area contributed by atoms with E-state index in [0.29, 0.717) is 0 Å². The van der Waals surface area contributed by atoms with Crippen LogP contribution in [0.3, 0.4) is 0 Å². The maximum Gasteiger partial charge on any atom is 0.0466 e. The van der Waals surface area contributed by atoms with Crippen molar-refractivity contribution in [2.75, 3.05) is 13.1 Å². The summed E-state index contributed by atoms with van der Waals surface area (Å²) in [6.45, 7) is 2.08. The number of nitrogens with one attached hydrogen (secondary N) is 1. The minimum absolute atomic E-state index is 1.02. The monoisotopic (exact) mass is 192 g/mol. The lowest BCUT2D eigenvalue weighted by atomic mass is 10.4. The molecule has 0 saturated carbocycles. The van der Waals surface area contributed by atoms with Gasteiger partial charge in [-0.25, -0.2) is 0 Å². The Bertz CT molecular complexity index is 284. The zero-order valence-electron chi connectivity index (χ0n) is 7.31. The van der Waals surface area contributed by atoms with Gasteiger partial charge < -0.3 is 9.62 Å². The summed E-state index contributed by atoms with van der Waals surface area (Å²) in [5.41, 5.74) is 0. The molecule has 1 N–H and O–H groups in total. The molecule has 1 aliphatic rings. The summed E-state index contributed by atoms with van der Waals surface area (Å²) in [7, 11) is 0. The van der Waals surface area contributed by atoms with Gasteiger partial charge in [-0.15, -0.1) is 0 Å². The smallest absolute Gasteiger partial charge is 0.0466 e. The Hall–Kier alpha value is -1.09. The topological polar surface area (TPSA) is 15.3 Å². The largest absolute Gasteiger partial charge is 0.388 e. The van der Waals surface area contributed by atoms with Crippen LogP contribution in [0.4, 0.5) is 0 Å². The van der Waals surface area contributed by atoms with Crippen molar-refractivity contribution in [1.29, 1.82) is 0 Å². The van der Waals surface area contributed by atoms with E-state index in [9.17, 15) is 0 Å². The predicted octanol–water partition coefficient (Wildman–Crippen LogP) is 2.07. The summed E-state index contributed by atoms with van der Waals surface area (Å²) >= 11 is 1.77. The highest BCUT2D eigenvalue weighted by Crippen LogP contribution is 2.22. The number of hydrogen-bond acceptors (Lipinski definition) is 3. The molecule has 2 rings (SSSR count). The molecule has 0 spiro atoms. The second-order valence-corrected chi connectivity index (χ2v) is 3.94. The van der Waals surface area contributed by atoms with Crippen molar-refractivity contribution in [1.82, 2.24) is 9.62 Å². The van der Waals surface area contributed by atoms with Gasteiger partial charge >= 0.3 is 0 Å². The fraction of sp³-hybridized carbons (Fsp3) is 0.200. The molecule has 1 aliphatic heterocycles. The summed E-state index contributed by atoms with van der Waals surface area (Å²) < 4.78 is 2.23. The molecule has 3 heteroatoms. The summed E-state index contributed by atoms with van der Waals surface area (Å²) in [4.78, 5) is 1.29. The predicted molar refractivity (Wildman–Crippen MR) is 56.1 cm³/mol. The number of rotatable bonds is 2. The molecule has 13 heavy (non-hydrogen) atoms. The highest BCUT2D eigenvalue weighted by atomic mass is 32.2. The molecule has 0 unspecified atom stereocenters. The van der Waals surface area contributed by atoms with Crippen LogP contribution in [0.15, 0.2) is 47.6 Å². The van der Waals surface area contributed by atoms with Crippen molar-refractivity contribution in [2.24, 2.45) is 0 Å². The van der Waals surface area contributed by atoms with E-state index in [-0.39, 0.29) is 0 Å². The summed E-state index contributed by atoms with van der Waals surface area (Å²) in [5, 5.41) is 3.16. The molecular weight excluding hydrogens is 180 g/mol. The molecule has 1 heterocycles. The van der Waals surface area contributed by atoms with E-state index >= 15 is 0 Å². The lowest BCUT2D eigenvalue weighted by Crippen LogP contribution is -2.26. The highest BCUT2D eigenvalue weighted by molar-refractivity contribution is 7.97. The van der Waals surface area contributed by atoms with Gasteiger partial charge in [-0.3, -0.25) is 0 Å². The molecule has 0 radical (unpaired) electrons. The number of nitrogens with zero attached hydrogens (tertiary/aromatic N) is 1. The normalized spacial score (nSPS) is 15.5. The van der Waals surface area contributed by atoms with E-state index in [1.54, 1.807) is 11.9 Å². The van der Waals surface area contributed by atoms with Crippen molar-refractivity contribution in [3.8, 4) is 0 Å². The van der Waals surface area contributed by atoms with Gasteiger partial charge in [0.05, 0.1) is 0 Å². The molecule has 0 aliphatic carbocycles. The fourth-order valence-electron chi connectivity index (χ4n) is 1.16. The molecule has 1 aromatic rings. The van der Waals surface area contributed by atoms with Crippen molar-refractivity contribution in [3.05, 3.63) is 42.7 Å². The van der Waals surface area contributed by atoms with Crippen LogP contribution in [-0.2, 0) is 0 Å². The maximum atomic E-state index is 3.16. The van der Waals surface area contributed by atoms with E-state index in [4.69, 9.17) is 0 Å². The van der Waals surface area contributed by atoms with Crippen LogP contribution >= 0.6 is 11.9 Å². The second kappa shape index (κ2) is 4.23. The first-order valence-electron chi connectivity index (χ1n) is 4.35. The van der Waals surface area contributed by atoms with E-state index in [1.165, 1.54) is 4.90 Å². The number of hydrogen-bond donors (Lipinski definition) is 1. The third-order valence-corrected chi connectivity index (χ3v) is 2.82. The lowest BCUT2D eigenvalue weighted by molar-refractivity contribution is 0.565. The van der Waals surface area contributed by atoms with Gasteiger partial charge in [0, 0.05) is 30.4 Å². The summed E-state index contributed by atoms with van der Waals surface area (Å²) in [6.07, 6.45) is 4.06. The molecule has 0 atom stereocenters. The van der Waals surface area contributed by atoms with Gasteiger partial charge in [0.25, 0.3) is 0 Å². The molecule has 0 amide bonds. The lowest BCUT2D eigenvalue weighted by Gasteiger charge is -2.22. The average molecular weight is 192 g/mol. The van der Waals surface area contributed by atoms with Crippen LogP contribution < -0.4 is 5.32 Å². The molecule has 0 aromatic heterocycles. The molecule has 0 saturated heterocycles. The van der Waals surface area contributed by atoms with E-state index < -0.39 is 0 Å². The Morgan fingerprint density at radius 3 is 2.77 bits per heavy atom. The van der Waals surface area contributed by atoms with Crippen LogP contribution in [0.5, 0.6) is 0 Å². The molecule has 2 nitrogen and oxygen atoms in total. The quantitative estimate of drug-likeness (QED) is 0.722. The van der Waals surface area contributed by atoms with Crippen molar-refractivity contribution < 1.29 is 0 Å². The van der Waals surface area contributed by atoms with Crippen LogP contribution in [-0.4, -0.2) is 17.4 Å². The highest BCUT2D eigenvalue weighted by Gasteiger charge is 2.03. The zero-order valence-corrected chi connectivity index (χ0v) is 8.13. The minimum Gasteiger partial charge on any atom is -0.388 e. The Kier molecular flexibility index (Phi) is 2.77. The molecule has 1 aromatic carbocycles. The van der Waals surface area contributed by atoms with Gasteiger partial charge in [0.1, 0.15) is 0 Å². The minimum atomic E-state index is 1.02. The van der Waals surface area contributed by atoms with Crippen LogP contribution in [0.25, 0.3) is 0 Å².